The van der Waals surface area contributed by atoms with Gasteiger partial charge in [0.15, 0.2) is 0 Å². The highest BCUT2D eigenvalue weighted by molar-refractivity contribution is 5.67. The number of carboxylic acids is 1. The van der Waals surface area contributed by atoms with Crippen molar-refractivity contribution in [2.45, 2.75) is 64.8 Å². The number of aryl methyl sites for hydroxylation is 2. The molecule has 3 rings (SSSR count). The number of carbonyl (C=O) groups is 1. The average molecular weight is 477 g/mol. The normalized spacial score (nSPS) is 12.9. The van der Waals surface area contributed by atoms with Crippen LogP contribution in [0.4, 0.5) is 0 Å². The Balaban J connectivity index is 1.79. The number of hydrogen-bond acceptors (Lipinski definition) is 4. The first-order chi connectivity index (χ1) is 16.9. The maximum Gasteiger partial charge on any atom is 0.303 e. The van der Waals surface area contributed by atoms with Gasteiger partial charge in [-0.25, -0.2) is 0 Å². The molecule has 0 aliphatic carbocycles. The van der Waals surface area contributed by atoms with Crippen LogP contribution < -0.4 is 0 Å². The van der Waals surface area contributed by atoms with Gasteiger partial charge in [-0.05, 0) is 83.9 Å². The summed E-state index contributed by atoms with van der Waals surface area (Å²) in [5.41, 5.74) is 6.34. The number of rotatable bonds is 13. The summed E-state index contributed by atoms with van der Waals surface area (Å²) in [5, 5.41) is 39.9. The van der Waals surface area contributed by atoms with Gasteiger partial charge in [0.25, 0.3) is 0 Å². The molecule has 0 fully saturated rings. The van der Waals surface area contributed by atoms with Crippen molar-refractivity contribution in [3.8, 4) is 0 Å². The van der Waals surface area contributed by atoms with E-state index in [1.807, 2.05) is 61.5 Å². The summed E-state index contributed by atoms with van der Waals surface area (Å²) in [6, 6.07) is 21.9. The van der Waals surface area contributed by atoms with Gasteiger partial charge in [0.1, 0.15) is 0 Å². The second-order valence-electron chi connectivity index (χ2n) is 9.28. The zero-order valence-corrected chi connectivity index (χ0v) is 20.4. The monoisotopic (exact) mass is 476 g/mol. The van der Waals surface area contributed by atoms with Crippen LogP contribution in [-0.4, -0.2) is 26.4 Å². The smallest absolute Gasteiger partial charge is 0.303 e. The third kappa shape index (κ3) is 7.76. The molecule has 0 aromatic heterocycles. The number of aliphatic hydroxyl groups is 3. The quantitative estimate of drug-likeness (QED) is 0.281. The minimum atomic E-state index is -0.807. The summed E-state index contributed by atoms with van der Waals surface area (Å²) < 4.78 is 0. The van der Waals surface area contributed by atoms with Gasteiger partial charge >= 0.3 is 5.97 Å². The highest BCUT2D eigenvalue weighted by Gasteiger charge is 2.23. The van der Waals surface area contributed by atoms with Crippen molar-refractivity contribution < 1.29 is 25.2 Å². The number of carboxylic acid groups (broad SMARTS) is 1. The zero-order chi connectivity index (χ0) is 25.2. The molecule has 3 aromatic carbocycles. The molecule has 0 aliphatic rings. The number of benzene rings is 3. The first kappa shape index (κ1) is 26.6. The lowest BCUT2D eigenvalue weighted by molar-refractivity contribution is -0.136. The average Bonchev–Trinajstić information content (AvgIpc) is 2.88. The van der Waals surface area contributed by atoms with Gasteiger partial charge in [-0.15, -0.1) is 0 Å². The lowest BCUT2D eigenvalue weighted by atomic mass is 9.84. The standard InChI is InChI=1S/C30H36O5/c1-21-27(19-31)17-26(18-28(21)20-32)30(35)25(9-5-8-22-6-3-2-4-7-22)16-24-12-10-23(11-13-24)14-15-29(33)34/h2-4,6-7,10-13,17-18,25,30-32,35H,5,8-9,14-16,19-20H2,1H3,(H,33,34)/t25-,30-/m0/s1. The molecular formula is C30H36O5. The van der Waals surface area contributed by atoms with Gasteiger partial charge in [-0.1, -0.05) is 66.7 Å². The van der Waals surface area contributed by atoms with Gasteiger partial charge in [0.05, 0.1) is 19.3 Å². The van der Waals surface area contributed by atoms with Gasteiger partial charge in [0.2, 0.25) is 0 Å². The fourth-order valence-electron chi connectivity index (χ4n) is 4.62. The third-order valence-electron chi connectivity index (χ3n) is 6.81. The molecule has 0 amide bonds. The number of hydrogen-bond donors (Lipinski definition) is 4. The lowest BCUT2D eigenvalue weighted by Crippen LogP contribution is -2.17. The molecule has 0 spiro atoms. The second-order valence-corrected chi connectivity index (χ2v) is 9.28. The Morgan fingerprint density at radius 2 is 1.40 bits per heavy atom. The van der Waals surface area contributed by atoms with E-state index >= 15 is 0 Å². The molecule has 0 saturated heterocycles. The molecule has 35 heavy (non-hydrogen) atoms. The SMILES string of the molecule is Cc1c(CO)cc([C@@H](O)[C@@H](CCCc2ccccc2)Cc2ccc(CCC(=O)O)cc2)cc1CO. The molecule has 0 saturated carbocycles. The van der Waals surface area contributed by atoms with Crippen LogP contribution in [0.25, 0.3) is 0 Å². The molecule has 5 heteroatoms. The Kier molecular flexibility index (Phi) is 10.0. The fraction of sp³-hybridized carbons (Fsp3) is 0.367. The summed E-state index contributed by atoms with van der Waals surface area (Å²) >= 11 is 0. The van der Waals surface area contributed by atoms with E-state index < -0.39 is 12.1 Å². The fourth-order valence-corrected chi connectivity index (χ4v) is 4.62. The van der Waals surface area contributed by atoms with E-state index in [1.165, 1.54) is 5.56 Å². The van der Waals surface area contributed by atoms with Crippen LogP contribution in [0.2, 0.25) is 0 Å². The molecule has 0 bridgehead atoms. The molecule has 0 unspecified atom stereocenters. The van der Waals surface area contributed by atoms with Crippen LogP contribution >= 0.6 is 0 Å². The van der Waals surface area contributed by atoms with Gasteiger partial charge < -0.3 is 20.4 Å². The van der Waals surface area contributed by atoms with Gasteiger partial charge in [-0.2, -0.15) is 0 Å². The predicted octanol–water partition coefficient (Wildman–Crippen LogP) is 4.91. The van der Waals surface area contributed by atoms with E-state index in [1.54, 1.807) is 0 Å². The molecule has 4 N–H and O–H groups in total. The minimum Gasteiger partial charge on any atom is -0.481 e. The third-order valence-corrected chi connectivity index (χ3v) is 6.81. The van der Waals surface area contributed by atoms with Crippen LogP contribution in [0.15, 0.2) is 66.7 Å². The van der Waals surface area contributed by atoms with Crippen molar-refractivity contribution in [3.63, 3.8) is 0 Å². The Morgan fingerprint density at radius 3 is 1.97 bits per heavy atom. The summed E-state index contributed by atoms with van der Waals surface area (Å²) in [4.78, 5) is 10.9. The zero-order valence-electron chi connectivity index (χ0n) is 20.4. The Labute approximate surface area is 207 Å². The van der Waals surface area contributed by atoms with Crippen LogP contribution in [0.1, 0.15) is 64.3 Å². The van der Waals surface area contributed by atoms with E-state index in [0.29, 0.717) is 18.4 Å². The van der Waals surface area contributed by atoms with Crippen molar-refractivity contribution in [1.29, 1.82) is 0 Å². The summed E-state index contributed by atoms with van der Waals surface area (Å²) in [6.07, 6.45) is 3.20. The van der Waals surface area contributed by atoms with E-state index in [9.17, 15) is 20.1 Å². The van der Waals surface area contributed by atoms with E-state index in [4.69, 9.17) is 5.11 Å². The van der Waals surface area contributed by atoms with Crippen LogP contribution in [0.3, 0.4) is 0 Å². The predicted molar refractivity (Wildman–Crippen MR) is 137 cm³/mol. The molecule has 0 aliphatic heterocycles. The maximum absolute atomic E-state index is 11.4. The topological polar surface area (TPSA) is 98.0 Å². The Hall–Kier alpha value is -2.99. The minimum absolute atomic E-state index is 0.0515. The Bertz CT molecular complexity index is 1050. The number of aliphatic hydroxyl groups excluding tert-OH is 3. The summed E-state index contributed by atoms with van der Waals surface area (Å²) in [6.45, 7) is 1.59. The maximum atomic E-state index is 11.4. The van der Waals surface area contributed by atoms with Gasteiger partial charge in [0, 0.05) is 6.42 Å². The molecule has 186 valence electrons. The van der Waals surface area contributed by atoms with E-state index in [2.05, 4.69) is 12.1 Å². The highest BCUT2D eigenvalue weighted by atomic mass is 16.4. The molecule has 2 atom stereocenters. The van der Waals surface area contributed by atoms with Crippen LogP contribution in [0, 0.1) is 12.8 Å². The largest absolute Gasteiger partial charge is 0.481 e. The summed E-state index contributed by atoms with van der Waals surface area (Å²) in [5.74, 6) is -0.859. The van der Waals surface area contributed by atoms with E-state index in [-0.39, 0.29) is 25.6 Å². The van der Waals surface area contributed by atoms with Gasteiger partial charge in [-0.3, -0.25) is 4.79 Å². The van der Waals surface area contributed by atoms with Crippen LogP contribution in [0.5, 0.6) is 0 Å². The Morgan fingerprint density at radius 1 is 0.829 bits per heavy atom. The van der Waals surface area contributed by atoms with Crippen molar-refractivity contribution >= 4 is 5.97 Å². The van der Waals surface area contributed by atoms with Crippen molar-refractivity contribution in [2.24, 2.45) is 5.92 Å². The molecule has 0 radical (unpaired) electrons. The molecular weight excluding hydrogens is 440 g/mol. The van der Waals surface area contributed by atoms with Crippen molar-refractivity contribution in [2.75, 3.05) is 0 Å². The van der Waals surface area contributed by atoms with Crippen molar-refractivity contribution in [1.82, 2.24) is 0 Å². The van der Waals surface area contributed by atoms with Crippen LogP contribution in [-0.2, 0) is 37.3 Å². The highest BCUT2D eigenvalue weighted by Crippen LogP contribution is 2.32. The van der Waals surface area contributed by atoms with Crippen molar-refractivity contribution in [3.05, 3.63) is 106 Å². The molecule has 3 aromatic rings. The first-order valence-corrected chi connectivity index (χ1v) is 12.3. The molecule has 5 nitrogen and oxygen atoms in total. The second kappa shape index (κ2) is 13.2. The lowest BCUT2D eigenvalue weighted by Gasteiger charge is -2.25. The van der Waals surface area contributed by atoms with E-state index in [0.717, 1.165) is 47.1 Å². The first-order valence-electron chi connectivity index (χ1n) is 12.3. The summed E-state index contributed by atoms with van der Waals surface area (Å²) in [7, 11) is 0. The molecule has 0 heterocycles. The number of aliphatic carboxylic acids is 1.